The van der Waals surface area contributed by atoms with Gasteiger partial charge in [-0.1, -0.05) is 27.7 Å². The van der Waals surface area contributed by atoms with Gasteiger partial charge in [0.05, 0.1) is 0 Å². The minimum atomic E-state index is -0.988. The van der Waals surface area contributed by atoms with Gasteiger partial charge in [0.2, 0.25) is 0 Å². The molecule has 0 aromatic heterocycles. The molecule has 0 rings (SSSR count). The van der Waals surface area contributed by atoms with E-state index in [1.165, 1.54) is 31.1 Å². The lowest BCUT2D eigenvalue weighted by Gasteiger charge is -2.28. The third-order valence-corrected chi connectivity index (χ3v) is 7.84. The van der Waals surface area contributed by atoms with Crippen LogP contribution in [-0.4, -0.2) is 14.8 Å². The first kappa shape index (κ1) is 11.2. The molecule has 68 valence electrons. The Balaban J connectivity index is 3.84. The molecule has 0 saturated heterocycles. The third-order valence-electron chi connectivity index (χ3n) is 2.78. The maximum Gasteiger partial charge on any atom is 0.124 e. The molecule has 0 radical (unpaired) electrons. The van der Waals surface area contributed by atoms with Gasteiger partial charge < -0.3 is 4.98 Å². The molecule has 0 fully saturated rings. The Morgan fingerprint density at radius 3 is 1.64 bits per heavy atom. The molecule has 0 aliphatic rings. The second kappa shape index (κ2) is 5.78. The highest BCUT2D eigenvalue weighted by Crippen LogP contribution is 2.15. The van der Waals surface area contributed by atoms with E-state index in [4.69, 9.17) is 0 Å². The van der Waals surface area contributed by atoms with Crippen molar-refractivity contribution in [3.05, 3.63) is 0 Å². The van der Waals surface area contributed by atoms with E-state index >= 15 is 0 Å². The quantitative estimate of drug-likeness (QED) is 0.609. The van der Waals surface area contributed by atoms with Gasteiger partial charge in [-0.15, -0.1) is 0 Å². The highest BCUT2D eigenvalue weighted by molar-refractivity contribution is 6.77. The number of rotatable bonds is 6. The van der Waals surface area contributed by atoms with Crippen LogP contribution in [0.1, 0.15) is 34.1 Å². The van der Waals surface area contributed by atoms with Gasteiger partial charge >= 0.3 is 0 Å². The highest BCUT2D eigenvalue weighted by Gasteiger charge is 2.25. The summed E-state index contributed by atoms with van der Waals surface area (Å²) in [4.78, 5) is 3.77. The summed E-state index contributed by atoms with van der Waals surface area (Å²) in [7, 11) is -0.988. The number of hydrogen-bond donors (Lipinski definition) is 1. The van der Waals surface area contributed by atoms with Crippen LogP contribution in [0.2, 0.25) is 18.1 Å². The van der Waals surface area contributed by atoms with Gasteiger partial charge in [-0.3, -0.25) is 0 Å². The Kier molecular flexibility index (Phi) is 5.87. The molecule has 0 atom stereocenters. The fraction of sp³-hybridized carbons (Fsp3) is 1.00. The summed E-state index contributed by atoms with van der Waals surface area (Å²) in [5.74, 6) is 0. The van der Waals surface area contributed by atoms with Crippen LogP contribution in [0.5, 0.6) is 0 Å². The zero-order valence-electron chi connectivity index (χ0n) is 8.54. The molecule has 0 saturated carbocycles. The van der Waals surface area contributed by atoms with Crippen molar-refractivity contribution in [2.45, 2.75) is 52.2 Å². The predicted octanol–water partition coefficient (Wildman–Crippen LogP) is 2.99. The van der Waals surface area contributed by atoms with E-state index in [1.807, 2.05) is 0 Å². The summed E-state index contributed by atoms with van der Waals surface area (Å²) in [6.07, 6.45) is 1.27. The van der Waals surface area contributed by atoms with Crippen molar-refractivity contribution in [1.82, 2.24) is 4.98 Å². The maximum absolute atomic E-state index is 3.77. The van der Waals surface area contributed by atoms with Gasteiger partial charge in [0.1, 0.15) is 8.24 Å². The smallest absolute Gasteiger partial charge is 0.124 e. The fourth-order valence-electron chi connectivity index (χ4n) is 1.52. The standard InChI is InChI=1S/C9H23NSi/c1-5-9-10-11(6-2,7-3)8-4/h10H,5-9H2,1-4H3. The van der Waals surface area contributed by atoms with Gasteiger partial charge in [0, 0.05) is 0 Å². The molecular formula is C9H23NSi. The number of hydrogen-bond acceptors (Lipinski definition) is 1. The van der Waals surface area contributed by atoms with Gasteiger partial charge in [-0.25, -0.2) is 0 Å². The van der Waals surface area contributed by atoms with Crippen LogP contribution < -0.4 is 4.98 Å². The molecule has 0 aromatic carbocycles. The van der Waals surface area contributed by atoms with E-state index in [2.05, 4.69) is 32.7 Å². The highest BCUT2D eigenvalue weighted by atomic mass is 28.3. The summed E-state index contributed by atoms with van der Waals surface area (Å²) in [6.45, 7) is 10.5. The molecular weight excluding hydrogens is 150 g/mol. The average molecular weight is 173 g/mol. The van der Waals surface area contributed by atoms with E-state index in [0.29, 0.717) is 0 Å². The Morgan fingerprint density at radius 1 is 0.909 bits per heavy atom. The molecule has 0 heterocycles. The summed E-state index contributed by atoms with van der Waals surface area (Å²) in [5, 5.41) is 0. The van der Waals surface area contributed by atoms with Crippen LogP contribution in [-0.2, 0) is 0 Å². The Bertz CT molecular complexity index is 81.3. The van der Waals surface area contributed by atoms with Gasteiger partial charge in [-0.05, 0) is 31.1 Å². The second-order valence-electron chi connectivity index (χ2n) is 3.27. The van der Waals surface area contributed by atoms with Crippen LogP contribution in [0.4, 0.5) is 0 Å². The largest absolute Gasteiger partial charge is 0.337 e. The van der Waals surface area contributed by atoms with Crippen molar-refractivity contribution in [1.29, 1.82) is 0 Å². The molecule has 0 aliphatic carbocycles. The van der Waals surface area contributed by atoms with E-state index in [1.54, 1.807) is 0 Å². The maximum atomic E-state index is 3.77. The molecule has 1 nitrogen and oxygen atoms in total. The van der Waals surface area contributed by atoms with E-state index < -0.39 is 8.24 Å². The van der Waals surface area contributed by atoms with Gasteiger partial charge in [0.25, 0.3) is 0 Å². The lowest BCUT2D eigenvalue weighted by Crippen LogP contribution is -2.48. The third kappa shape index (κ3) is 3.39. The first-order chi connectivity index (χ1) is 5.24. The Hall–Kier alpha value is 0.177. The monoisotopic (exact) mass is 173 g/mol. The van der Waals surface area contributed by atoms with Crippen molar-refractivity contribution in [3.63, 3.8) is 0 Å². The first-order valence-electron chi connectivity index (χ1n) is 4.99. The second-order valence-corrected chi connectivity index (χ2v) is 8.30. The minimum absolute atomic E-state index is 0.988. The van der Waals surface area contributed by atoms with Crippen molar-refractivity contribution in [2.24, 2.45) is 0 Å². The Morgan fingerprint density at radius 2 is 1.36 bits per heavy atom. The molecule has 0 amide bonds. The topological polar surface area (TPSA) is 12.0 Å². The molecule has 0 spiro atoms. The predicted molar refractivity (Wildman–Crippen MR) is 55.5 cm³/mol. The Labute approximate surface area is 72.7 Å². The van der Waals surface area contributed by atoms with Crippen molar-refractivity contribution in [3.8, 4) is 0 Å². The van der Waals surface area contributed by atoms with Crippen LogP contribution in [0.25, 0.3) is 0 Å². The van der Waals surface area contributed by atoms with Crippen LogP contribution in [0.3, 0.4) is 0 Å². The van der Waals surface area contributed by atoms with Crippen molar-refractivity contribution in [2.75, 3.05) is 6.54 Å². The normalized spacial score (nSPS) is 12.0. The zero-order valence-corrected chi connectivity index (χ0v) is 9.54. The first-order valence-corrected chi connectivity index (χ1v) is 7.61. The SMILES string of the molecule is CCCN[Si](CC)(CC)CC. The fourth-order valence-corrected chi connectivity index (χ4v) is 4.55. The molecule has 0 aromatic rings. The van der Waals surface area contributed by atoms with Crippen LogP contribution in [0, 0.1) is 0 Å². The summed E-state index contributed by atoms with van der Waals surface area (Å²) in [6, 6.07) is 4.17. The summed E-state index contributed by atoms with van der Waals surface area (Å²) >= 11 is 0. The number of nitrogens with one attached hydrogen (secondary N) is 1. The average Bonchev–Trinajstić information content (AvgIpc) is 2.08. The minimum Gasteiger partial charge on any atom is -0.337 e. The van der Waals surface area contributed by atoms with Crippen molar-refractivity contribution >= 4 is 8.24 Å². The van der Waals surface area contributed by atoms with E-state index in [-0.39, 0.29) is 0 Å². The van der Waals surface area contributed by atoms with E-state index in [0.717, 1.165) is 0 Å². The molecule has 11 heavy (non-hydrogen) atoms. The van der Waals surface area contributed by atoms with E-state index in [9.17, 15) is 0 Å². The molecule has 2 heteroatoms. The van der Waals surface area contributed by atoms with Gasteiger partial charge in [-0.2, -0.15) is 0 Å². The lowest BCUT2D eigenvalue weighted by molar-refractivity contribution is 0.816. The molecule has 0 bridgehead atoms. The summed E-state index contributed by atoms with van der Waals surface area (Å²) < 4.78 is 0. The van der Waals surface area contributed by atoms with Crippen LogP contribution >= 0.6 is 0 Å². The molecule has 0 aliphatic heterocycles. The van der Waals surface area contributed by atoms with Crippen molar-refractivity contribution < 1.29 is 0 Å². The van der Waals surface area contributed by atoms with Gasteiger partial charge in [0.15, 0.2) is 0 Å². The molecule has 0 unspecified atom stereocenters. The summed E-state index contributed by atoms with van der Waals surface area (Å²) in [5.41, 5.74) is 0. The molecule has 1 N–H and O–H groups in total. The lowest BCUT2D eigenvalue weighted by atomic mass is 10.5. The van der Waals surface area contributed by atoms with Crippen LogP contribution in [0.15, 0.2) is 0 Å². The zero-order chi connectivity index (χ0) is 8.74.